The molecule has 0 saturated carbocycles. The van der Waals surface area contributed by atoms with Gasteiger partial charge in [0.25, 0.3) is 0 Å². The Kier molecular flexibility index (Phi) is 8.93. The van der Waals surface area contributed by atoms with Gasteiger partial charge in [-0.2, -0.15) is 0 Å². The van der Waals surface area contributed by atoms with Gasteiger partial charge in [0.05, 0.1) is 18.5 Å². The Hall–Kier alpha value is -3.51. The van der Waals surface area contributed by atoms with E-state index in [-0.39, 0.29) is 5.91 Å². The standard InChI is InChI=1S/C28H29BrN2O3/c1-19(2)8-15-23-26(33-3)16-11-21(28(23)34-18-20-9-13-22(29)14-10-20)12-17-27(32)31-25-7-5-4-6-24(25)30/h4-14,16-17H,15,18,30H2,1-3H3,(H,31,32). The summed E-state index contributed by atoms with van der Waals surface area (Å²) in [6.45, 7) is 4.49. The Morgan fingerprint density at radius 3 is 2.47 bits per heavy atom. The molecule has 3 N–H and O–H groups in total. The second-order valence-corrected chi connectivity index (χ2v) is 8.89. The number of carbonyl (C=O) groups is 1. The number of nitrogen functional groups attached to an aromatic ring is 1. The normalized spacial score (nSPS) is 10.7. The number of anilines is 2. The van der Waals surface area contributed by atoms with Gasteiger partial charge in [-0.25, -0.2) is 0 Å². The summed E-state index contributed by atoms with van der Waals surface area (Å²) in [5, 5.41) is 2.81. The van der Waals surface area contributed by atoms with Crippen LogP contribution in [0.4, 0.5) is 11.4 Å². The molecule has 0 unspecified atom stereocenters. The minimum atomic E-state index is -0.279. The van der Waals surface area contributed by atoms with Crippen molar-refractivity contribution in [3.8, 4) is 11.5 Å². The lowest BCUT2D eigenvalue weighted by Crippen LogP contribution is -2.09. The Labute approximate surface area is 209 Å². The number of ether oxygens (including phenoxy) is 2. The molecule has 3 aromatic rings. The fraction of sp³-hybridized carbons (Fsp3) is 0.179. The molecule has 34 heavy (non-hydrogen) atoms. The van der Waals surface area contributed by atoms with Gasteiger partial charge in [-0.3, -0.25) is 4.79 Å². The number of methoxy groups -OCH3 is 1. The van der Waals surface area contributed by atoms with Crippen LogP contribution in [0.2, 0.25) is 0 Å². The number of hydrogen-bond donors (Lipinski definition) is 2. The zero-order valence-electron chi connectivity index (χ0n) is 19.6. The number of nitrogens with one attached hydrogen (secondary N) is 1. The van der Waals surface area contributed by atoms with Gasteiger partial charge in [0.15, 0.2) is 0 Å². The first kappa shape index (κ1) is 25.1. The third-order valence-electron chi connectivity index (χ3n) is 5.11. The third-order valence-corrected chi connectivity index (χ3v) is 5.64. The minimum absolute atomic E-state index is 0.279. The zero-order valence-corrected chi connectivity index (χ0v) is 21.2. The van der Waals surface area contributed by atoms with E-state index in [4.69, 9.17) is 15.2 Å². The number of rotatable bonds is 9. The second-order valence-electron chi connectivity index (χ2n) is 7.98. The van der Waals surface area contributed by atoms with Crippen molar-refractivity contribution in [2.75, 3.05) is 18.2 Å². The molecule has 0 aliphatic carbocycles. The molecule has 0 saturated heterocycles. The van der Waals surface area contributed by atoms with Crippen LogP contribution in [0.15, 0.2) is 82.9 Å². The van der Waals surface area contributed by atoms with E-state index in [2.05, 4.69) is 41.2 Å². The van der Waals surface area contributed by atoms with Gasteiger partial charge >= 0.3 is 0 Å². The van der Waals surface area contributed by atoms with E-state index < -0.39 is 0 Å². The molecule has 0 atom stereocenters. The fourth-order valence-electron chi connectivity index (χ4n) is 3.31. The second kappa shape index (κ2) is 12.1. The van der Waals surface area contributed by atoms with E-state index in [9.17, 15) is 4.79 Å². The average molecular weight is 521 g/mol. The first-order valence-corrected chi connectivity index (χ1v) is 11.7. The lowest BCUT2D eigenvalue weighted by atomic mass is 10.0. The summed E-state index contributed by atoms with van der Waals surface area (Å²) >= 11 is 3.46. The predicted molar refractivity (Wildman–Crippen MR) is 143 cm³/mol. The molecule has 176 valence electrons. The number of para-hydroxylation sites is 2. The van der Waals surface area contributed by atoms with Crippen LogP contribution in [-0.2, 0) is 17.8 Å². The van der Waals surface area contributed by atoms with Crippen molar-refractivity contribution in [2.45, 2.75) is 26.9 Å². The SMILES string of the molecule is COc1ccc(C=CC(=O)Nc2ccccc2N)c(OCc2ccc(Br)cc2)c1CC=C(C)C. The Bertz CT molecular complexity index is 1200. The highest BCUT2D eigenvalue weighted by molar-refractivity contribution is 9.10. The summed E-state index contributed by atoms with van der Waals surface area (Å²) in [6.07, 6.45) is 6.00. The zero-order chi connectivity index (χ0) is 24.5. The number of halogens is 1. The predicted octanol–water partition coefficient (Wildman–Crippen LogP) is 6.78. The largest absolute Gasteiger partial charge is 0.496 e. The van der Waals surface area contributed by atoms with Gasteiger partial charge in [-0.05, 0) is 68.3 Å². The molecule has 3 aromatic carbocycles. The van der Waals surface area contributed by atoms with Crippen LogP contribution in [0.5, 0.6) is 11.5 Å². The summed E-state index contributed by atoms with van der Waals surface area (Å²) in [6, 6.07) is 18.9. The van der Waals surface area contributed by atoms with E-state index in [0.29, 0.717) is 30.2 Å². The number of nitrogens with two attached hydrogens (primary N) is 1. The van der Waals surface area contributed by atoms with E-state index >= 15 is 0 Å². The number of carbonyl (C=O) groups excluding carboxylic acids is 1. The fourth-order valence-corrected chi connectivity index (χ4v) is 3.57. The lowest BCUT2D eigenvalue weighted by molar-refractivity contribution is -0.111. The molecule has 5 nitrogen and oxygen atoms in total. The molecule has 0 radical (unpaired) electrons. The van der Waals surface area contributed by atoms with Crippen molar-refractivity contribution in [2.24, 2.45) is 0 Å². The van der Waals surface area contributed by atoms with Gasteiger partial charge in [-0.1, -0.05) is 51.8 Å². The van der Waals surface area contributed by atoms with Crippen LogP contribution in [-0.4, -0.2) is 13.0 Å². The summed E-state index contributed by atoms with van der Waals surface area (Å²) in [4.78, 5) is 12.6. The maximum atomic E-state index is 12.6. The van der Waals surface area contributed by atoms with Crippen LogP contribution in [0, 0.1) is 0 Å². The maximum absolute atomic E-state index is 12.6. The molecule has 0 spiro atoms. The topological polar surface area (TPSA) is 73.6 Å². The first-order valence-electron chi connectivity index (χ1n) is 10.9. The summed E-state index contributed by atoms with van der Waals surface area (Å²) < 4.78 is 12.9. The van der Waals surface area contributed by atoms with E-state index in [1.807, 2.05) is 48.5 Å². The van der Waals surface area contributed by atoms with E-state index in [1.54, 1.807) is 25.3 Å². The smallest absolute Gasteiger partial charge is 0.248 e. The highest BCUT2D eigenvalue weighted by Crippen LogP contribution is 2.35. The molecule has 0 aliphatic rings. The van der Waals surface area contributed by atoms with Gasteiger partial charge in [0.2, 0.25) is 5.91 Å². The number of allylic oxidation sites excluding steroid dienone is 2. The van der Waals surface area contributed by atoms with Gasteiger partial charge in [0, 0.05) is 21.7 Å². The van der Waals surface area contributed by atoms with Crippen LogP contribution in [0.3, 0.4) is 0 Å². The maximum Gasteiger partial charge on any atom is 0.248 e. The average Bonchev–Trinajstić information content (AvgIpc) is 2.82. The van der Waals surface area contributed by atoms with E-state index in [1.165, 1.54) is 11.6 Å². The van der Waals surface area contributed by atoms with Crippen molar-refractivity contribution in [3.63, 3.8) is 0 Å². The summed E-state index contributed by atoms with van der Waals surface area (Å²) in [5.74, 6) is 1.14. The molecular formula is C28H29BrN2O3. The van der Waals surface area contributed by atoms with Gasteiger partial charge in [0.1, 0.15) is 18.1 Å². The lowest BCUT2D eigenvalue weighted by Gasteiger charge is -2.17. The molecule has 1 amide bonds. The third kappa shape index (κ3) is 6.99. The van der Waals surface area contributed by atoms with E-state index in [0.717, 1.165) is 26.9 Å². The van der Waals surface area contributed by atoms with Crippen molar-refractivity contribution in [3.05, 3.63) is 99.6 Å². The van der Waals surface area contributed by atoms with Crippen LogP contribution in [0.1, 0.15) is 30.5 Å². The Balaban J connectivity index is 1.92. The summed E-state index contributed by atoms with van der Waals surface area (Å²) in [5.41, 5.74) is 11.0. The van der Waals surface area contributed by atoms with Crippen molar-refractivity contribution >= 4 is 39.3 Å². The number of amides is 1. The molecule has 0 bridgehead atoms. The van der Waals surface area contributed by atoms with Gasteiger partial charge < -0.3 is 20.5 Å². The molecule has 0 fully saturated rings. The van der Waals surface area contributed by atoms with Crippen molar-refractivity contribution in [1.82, 2.24) is 0 Å². The highest BCUT2D eigenvalue weighted by atomic mass is 79.9. The first-order chi connectivity index (χ1) is 16.4. The van der Waals surface area contributed by atoms with Gasteiger partial charge in [-0.15, -0.1) is 0 Å². The quantitative estimate of drug-likeness (QED) is 0.185. The van der Waals surface area contributed by atoms with Crippen molar-refractivity contribution in [1.29, 1.82) is 0 Å². The van der Waals surface area contributed by atoms with Crippen LogP contribution < -0.4 is 20.5 Å². The van der Waals surface area contributed by atoms with Crippen molar-refractivity contribution < 1.29 is 14.3 Å². The Morgan fingerprint density at radius 1 is 1.06 bits per heavy atom. The molecule has 0 aromatic heterocycles. The monoisotopic (exact) mass is 520 g/mol. The molecular weight excluding hydrogens is 492 g/mol. The number of hydrogen-bond acceptors (Lipinski definition) is 4. The minimum Gasteiger partial charge on any atom is -0.496 e. The molecule has 0 aliphatic heterocycles. The molecule has 3 rings (SSSR count). The highest BCUT2D eigenvalue weighted by Gasteiger charge is 2.15. The molecule has 0 heterocycles. The molecule has 6 heteroatoms. The van der Waals surface area contributed by atoms with Crippen LogP contribution in [0.25, 0.3) is 6.08 Å². The Morgan fingerprint density at radius 2 is 1.79 bits per heavy atom. The van der Waals surface area contributed by atoms with Crippen LogP contribution >= 0.6 is 15.9 Å². The summed E-state index contributed by atoms with van der Waals surface area (Å²) in [7, 11) is 1.65. The number of benzene rings is 3.